The zero-order valence-electron chi connectivity index (χ0n) is 32.6. The summed E-state index contributed by atoms with van der Waals surface area (Å²) in [5.41, 5.74) is 0. The van der Waals surface area contributed by atoms with Gasteiger partial charge in [0.15, 0.2) is 0 Å². The molecule has 0 aliphatic heterocycles. The molecule has 0 radical (unpaired) electrons. The Morgan fingerprint density at radius 1 is 0.405 bits per heavy atom. The second-order valence-corrected chi connectivity index (χ2v) is 16.8. The van der Waals surface area contributed by atoms with Gasteiger partial charge in [-0.1, -0.05) is 155 Å². The van der Waals surface area contributed by atoms with Gasteiger partial charge in [-0.3, -0.25) is 0 Å². The molecule has 252 valence electrons. The summed E-state index contributed by atoms with van der Waals surface area (Å²) in [5, 5.41) is 0. The van der Waals surface area contributed by atoms with Gasteiger partial charge in [0.1, 0.15) is 0 Å². The van der Waals surface area contributed by atoms with E-state index in [0.717, 1.165) is 71.0 Å². The highest BCUT2D eigenvalue weighted by Crippen LogP contribution is 2.33. The van der Waals surface area contributed by atoms with E-state index in [1.165, 1.54) is 32.1 Å². The summed E-state index contributed by atoms with van der Waals surface area (Å²) in [5.74, 6) is 10.1. The van der Waals surface area contributed by atoms with Gasteiger partial charge in [0.25, 0.3) is 0 Å². The molecule has 0 spiro atoms. The minimum absolute atomic E-state index is 0.678. The van der Waals surface area contributed by atoms with E-state index < -0.39 is 0 Å². The van der Waals surface area contributed by atoms with Crippen LogP contribution in [0.4, 0.5) is 0 Å². The molecule has 0 saturated heterocycles. The molecule has 0 aromatic heterocycles. The molecule has 4 unspecified atom stereocenters. The van der Waals surface area contributed by atoms with Crippen molar-refractivity contribution >= 4 is 0 Å². The summed E-state index contributed by atoms with van der Waals surface area (Å²) < 4.78 is 0. The van der Waals surface area contributed by atoms with Crippen LogP contribution >= 0.6 is 0 Å². The first-order valence-electron chi connectivity index (χ1n) is 18.2. The number of hydrogen-bond acceptors (Lipinski definition) is 0. The minimum Gasteiger partial charge on any atom is -0.103 e. The number of hydrogen-bond donors (Lipinski definition) is 0. The largest absolute Gasteiger partial charge is 0.103 e. The molecule has 0 aliphatic rings. The van der Waals surface area contributed by atoms with E-state index in [1.807, 2.05) is 0 Å². The summed E-state index contributed by atoms with van der Waals surface area (Å²) in [6, 6.07) is 0. The summed E-state index contributed by atoms with van der Waals surface area (Å²) in [6.07, 6.45) is 18.2. The highest BCUT2D eigenvalue weighted by Gasteiger charge is 2.25. The van der Waals surface area contributed by atoms with Crippen LogP contribution in [0.1, 0.15) is 157 Å². The maximum absolute atomic E-state index is 3.99. The fraction of sp³-hybridized carbons (Fsp3) is 0.857. The monoisotopic (exact) mass is 589 g/mol. The van der Waals surface area contributed by atoms with Gasteiger partial charge in [-0.25, -0.2) is 0 Å². The molecule has 0 nitrogen and oxygen atoms in total. The van der Waals surface area contributed by atoms with Gasteiger partial charge in [-0.05, 0) is 109 Å². The van der Waals surface area contributed by atoms with Crippen molar-refractivity contribution in [3.8, 4) is 0 Å². The van der Waals surface area contributed by atoms with Crippen LogP contribution in [0.5, 0.6) is 0 Å². The van der Waals surface area contributed by atoms with Gasteiger partial charge in [-0.15, -0.1) is 6.58 Å². The third-order valence-electron chi connectivity index (χ3n) is 8.32. The lowest BCUT2D eigenvalue weighted by atomic mass is 9.73. The van der Waals surface area contributed by atoms with Crippen molar-refractivity contribution < 1.29 is 0 Å². The van der Waals surface area contributed by atoms with Gasteiger partial charge in [-0.2, -0.15) is 0 Å². The molecule has 0 amide bonds. The summed E-state index contributed by atoms with van der Waals surface area (Å²) in [4.78, 5) is 0. The normalized spacial score (nSPS) is 15.4. The van der Waals surface area contributed by atoms with E-state index >= 15 is 0 Å². The average molecular weight is 589 g/mol. The van der Waals surface area contributed by atoms with E-state index in [2.05, 4.69) is 162 Å². The molecule has 42 heavy (non-hydrogen) atoms. The predicted octanol–water partition coefficient (Wildman–Crippen LogP) is 14.6. The van der Waals surface area contributed by atoms with Crippen LogP contribution in [0.15, 0.2) is 37.0 Å². The Kier molecular flexibility index (Phi) is 28.9. The zero-order chi connectivity index (χ0) is 33.6. The smallest absolute Gasteiger partial charge is 0.0182 e. The third kappa shape index (κ3) is 28.0. The second kappa shape index (κ2) is 26.6. The summed E-state index contributed by atoms with van der Waals surface area (Å²) in [7, 11) is 0. The fourth-order valence-electron chi connectivity index (χ4n) is 5.65. The van der Waals surface area contributed by atoms with Gasteiger partial charge in [0.2, 0.25) is 0 Å². The highest BCUT2D eigenvalue weighted by molar-refractivity contribution is 4.92. The first-order valence-corrected chi connectivity index (χ1v) is 18.2. The van der Waals surface area contributed by atoms with Gasteiger partial charge in [0.05, 0.1) is 0 Å². The van der Waals surface area contributed by atoms with E-state index in [4.69, 9.17) is 0 Å². The molecular formula is C42H84. The molecule has 0 aromatic carbocycles. The Morgan fingerprint density at radius 3 is 0.929 bits per heavy atom. The Balaban J connectivity index is -0.000000543. The lowest BCUT2D eigenvalue weighted by Gasteiger charge is -2.32. The number of allylic oxidation sites excluding steroid dienone is 5. The Morgan fingerprint density at radius 2 is 0.738 bits per heavy atom. The standard InChI is InChI=1S/3C14H28/c2*1-11(2)8-7-9-14(13(5)6)10-12(3)4;1-8-13(11(4)5)14(12(6)7)9-10(2)3/h2*7,9,11-14H,8,10H2,1-6H3;8,10-14H,1,9H2,2-7H3/b9-7+;9-7-;. The molecular weight excluding hydrogens is 504 g/mol. The molecule has 0 heteroatoms. The predicted molar refractivity (Wildman–Crippen MR) is 199 cm³/mol. The van der Waals surface area contributed by atoms with Gasteiger partial charge < -0.3 is 0 Å². The van der Waals surface area contributed by atoms with Crippen LogP contribution < -0.4 is 0 Å². The first kappa shape index (κ1) is 45.6. The van der Waals surface area contributed by atoms with Crippen LogP contribution in [0.3, 0.4) is 0 Å². The second-order valence-electron chi connectivity index (χ2n) is 16.8. The van der Waals surface area contributed by atoms with E-state index in [0.29, 0.717) is 5.92 Å². The maximum Gasteiger partial charge on any atom is -0.0182 e. The summed E-state index contributed by atoms with van der Waals surface area (Å²) in [6.45, 7) is 45.6. The van der Waals surface area contributed by atoms with E-state index in [-0.39, 0.29) is 0 Å². The van der Waals surface area contributed by atoms with Crippen molar-refractivity contribution in [2.24, 2.45) is 76.9 Å². The Labute approximate surface area is 270 Å². The van der Waals surface area contributed by atoms with Crippen molar-refractivity contribution in [2.75, 3.05) is 0 Å². The van der Waals surface area contributed by atoms with Crippen molar-refractivity contribution in [3.63, 3.8) is 0 Å². The SMILES string of the molecule is C=CC(C(C)C)C(CC(C)C)C(C)C.CC(C)C/C=C/C(CC(C)C)C(C)C.CC(C)C/C=C\C(CC(C)C)C(C)C. The van der Waals surface area contributed by atoms with Crippen LogP contribution in [0, 0.1) is 76.9 Å². The molecule has 0 bridgehead atoms. The third-order valence-corrected chi connectivity index (χ3v) is 8.32. The number of rotatable bonds is 18. The quantitative estimate of drug-likeness (QED) is 0.140. The van der Waals surface area contributed by atoms with Crippen molar-refractivity contribution in [1.82, 2.24) is 0 Å². The van der Waals surface area contributed by atoms with Crippen molar-refractivity contribution in [2.45, 2.75) is 157 Å². The van der Waals surface area contributed by atoms with Crippen molar-refractivity contribution in [3.05, 3.63) is 37.0 Å². The maximum atomic E-state index is 3.99. The van der Waals surface area contributed by atoms with Crippen LogP contribution in [0.25, 0.3) is 0 Å². The molecule has 0 saturated carbocycles. The Hall–Kier alpha value is -0.780. The lowest BCUT2D eigenvalue weighted by Crippen LogP contribution is -2.24. The van der Waals surface area contributed by atoms with Crippen LogP contribution in [-0.2, 0) is 0 Å². The molecule has 0 aliphatic carbocycles. The molecule has 0 rings (SSSR count). The average Bonchev–Trinajstić information content (AvgIpc) is 2.81. The topological polar surface area (TPSA) is 0 Å². The van der Waals surface area contributed by atoms with E-state index in [1.54, 1.807) is 0 Å². The molecule has 0 aromatic rings. The van der Waals surface area contributed by atoms with Crippen LogP contribution in [0.2, 0.25) is 0 Å². The molecule has 4 atom stereocenters. The summed E-state index contributed by atoms with van der Waals surface area (Å²) >= 11 is 0. The van der Waals surface area contributed by atoms with Gasteiger partial charge in [0, 0.05) is 0 Å². The first-order chi connectivity index (χ1) is 19.3. The minimum atomic E-state index is 0.678. The molecule has 0 N–H and O–H groups in total. The van der Waals surface area contributed by atoms with E-state index in [9.17, 15) is 0 Å². The molecule has 0 heterocycles. The fourth-order valence-corrected chi connectivity index (χ4v) is 5.65. The van der Waals surface area contributed by atoms with Crippen molar-refractivity contribution in [1.29, 1.82) is 0 Å². The lowest BCUT2D eigenvalue weighted by molar-refractivity contribution is 0.206. The molecule has 0 fully saturated rings. The zero-order valence-corrected chi connectivity index (χ0v) is 32.6. The highest BCUT2D eigenvalue weighted by atomic mass is 14.3. The van der Waals surface area contributed by atoms with Crippen LogP contribution in [-0.4, -0.2) is 0 Å². The van der Waals surface area contributed by atoms with Gasteiger partial charge >= 0.3 is 0 Å². The Bertz CT molecular complexity index is 599.